The summed E-state index contributed by atoms with van der Waals surface area (Å²) in [5, 5.41) is 3.48. The lowest BCUT2D eigenvalue weighted by Gasteiger charge is -2.41. The largest absolute Gasteiger partial charge is 0.337 e. The molecule has 4 heterocycles. The van der Waals surface area contributed by atoms with Crippen LogP contribution in [0, 0.1) is 0 Å². The van der Waals surface area contributed by atoms with Gasteiger partial charge in [-0.2, -0.15) is 4.98 Å². The maximum Gasteiger partial charge on any atom is 0.228 e. The van der Waals surface area contributed by atoms with E-state index in [1.54, 1.807) is 6.33 Å². The molecule has 0 amide bonds. The molecule has 1 fully saturated rings. The fraction of sp³-hybridized carbons (Fsp3) is 0.286. The third-order valence-electron chi connectivity index (χ3n) is 8.41. The Balaban J connectivity index is 1.09. The minimum Gasteiger partial charge on any atom is -0.337 e. The molecule has 0 bridgehead atoms. The first-order chi connectivity index (χ1) is 21.3. The van der Waals surface area contributed by atoms with Gasteiger partial charge in [-0.05, 0) is 52.8 Å². The third-order valence-corrected chi connectivity index (χ3v) is 8.41. The SMILES string of the molecule is c1ccc(Cc2cnc(N3CCN(c4ncnc(Cc5ccc6c(c5)CNCC6)n4)C(Cc4ccccc4)C3)nc2)cc1. The molecule has 8 nitrogen and oxygen atoms in total. The van der Waals surface area contributed by atoms with Gasteiger partial charge in [-0.15, -0.1) is 0 Å². The summed E-state index contributed by atoms with van der Waals surface area (Å²) in [4.78, 5) is 28.4. The van der Waals surface area contributed by atoms with Crippen molar-refractivity contribution in [1.29, 1.82) is 0 Å². The quantitative estimate of drug-likeness (QED) is 0.295. The molecule has 2 aliphatic rings. The fourth-order valence-corrected chi connectivity index (χ4v) is 6.17. The smallest absolute Gasteiger partial charge is 0.228 e. The van der Waals surface area contributed by atoms with Gasteiger partial charge in [0, 0.05) is 51.4 Å². The van der Waals surface area contributed by atoms with Crippen molar-refractivity contribution in [1.82, 2.24) is 30.2 Å². The number of nitrogens with one attached hydrogen (secondary N) is 1. The molecule has 3 aromatic carbocycles. The van der Waals surface area contributed by atoms with Crippen LogP contribution in [-0.2, 0) is 32.2 Å². The molecule has 1 N–H and O–H groups in total. The van der Waals surface area contributed by atoms with E-state index in [1.165, 1.54) is 27.8 Å². The van der Waals surface area contributed by atoms with E-state index >= 15 is 0 Å². The van der Waals surface area contributed by atoms with Crippen molar-refractivity contribution >= 4 is 11.9 Å². The van der Waals surface area contributed by atoms with Crippen LogP contribution in [0.3, 0.4) is 0 Å². The molecule has 2 aromatic heterocycles. The predicted octanol–water partition coefficient (Wildman–Crippen LogP) is 4.43. The molecule has 8 heteroatoms. The minimum atomic E-state index is 0.161. The summed E-state index contributed by atoms with van der Waals surface area (Å²) in [5.41, 5.74) is 7.72. The van der Waals surface area contributed by atoms with Crippen molar-refractivity contribution in [3.8, 4) is 0 Å². The first kappa shape index (κ1) is 27.2. The predicted molar refractivity (Wildman–Crippen MR) is 169 cm³/mol. The lowest BCUT2D eigenvalue weighted by molar-refractivity contribution is 0.501. The normalized spacial score (nSPS) is 16.6. The van der Waals surface area contributed by atoms with Gasteiger partial charge in [-0.25, -0.2) is 19.9 Å². The van der Waals surface area contributed by atoms with Crippen molar-refractivity contribution in [2.45, 2.75) is 38.3 Å². The summed E-state index contributed by atoms with van der Waals surface area (Å²) in [6.07, 6.45) is 9.07. The molecule has 5 aromatic rings. The summed E-state index contributed by atoms with van der Waals surface area (Å²) in [7, 11) is 0. The molecule has 43 heavy (non-hydrogen) atoms. The van der Waals surface area contributed by atoms with Crippen LogP contribution >= 0.6 is 0 Å². The molecular weight excluding hydrogens is 532 g/mol. The highest BCUT2D eigenvalue weighted by atomic mass is 15.4. The van der Waals surface area contributed by atoms with Gasteiger partial charge in [0.15, 0.2) is 0 Å². The van der Waals surface area contributed by atoms with E-state index in [-0.39, 0.29) is 6.04 Å². The second-order valence-electron chi connectivity index (χ2n) is 11.4. The van der Waals surface area contributed by atoms with Gasteiger partial charge in [0.2, 0.25) is 11.9 Å². The van der Waals surface area contributed by atoms with E-state index in [9.17, 15) is 0 Å². The van der Waals surface area contributed by atoms with Crippen LogP contribution < -0.4 is 15.1 Å². The van der Waals surface area contributed by atoms with Crippen molar-refractivity contribution < 1.29 is 0 Å². The maximum absolute atomic E-state index is 4.98. The zero-order valence-corrected chi connectivity index (χ0v) is 24.3. The van der Waals surface area contributed by atoms with Gasteiger partial charge in [0.25, 0.3) is 0 Å². The molecule has 216 valence electrons. The molecule has 1 atom stereocenters. The fourth-order valence-electron chi connectivity index (χ4n) is 6.17. The van der Waals surface area contributed by atoms with E-state index in [1.807, 2.05) is 18.5 Å². The van der Waals surface area contributed by atoms with E-state index in [2.05, 4.69) is 97.9 Å². The Bertz CT molecular complexity index is 1640. The number of aromatic nitrogens is 5. The van der Waals surface area contributed by atoms with Gasteiger partial charge >= 0.3 is 0 Å². The second-order valence-corrected chi connectivity index (χ2v) is 11.4. The number of anilines is 2. The Labute approximate surface area is 252 Å². The Morgan fingerprint density at radius 2 is 1.49 bits per heavy atom. The van der Waals surface area contributed by atoms with E-state index in [0.717, 1.165) is 75.3 Å². The molecular formula is C35H36N8. The Hall–Kier alpha value is -4.69. The molecule has 0 saturated carbocycles. The number of benzene rings is 3. The number of piperazine rings is 1. The molecule has 1 unspecified atom stereocenters. The Kier molecular flexibility index (Phi) is 8.00. The average Bonchev–Trinajstić information content (AvgIpc) is 3.06. The lowest BCUT2D eigenvalue weighted by Crippen LogP contribution is -2.55. The first-order valence-corrected chi connectivity index (χ1v) is 15.2. The monoisotopic (exact) mass is 568 g/mol. The third kappa shape index (κ3) is 6.54. The van der Waals surface area contributed by atoms with Crippen LogP contribution in [0.4, 0.5) is 11.9 Å². The number of fused-ring (bicyclic) bond motifs is 1. The highest BCUT2D eigenvalue weighted by Gasteiger charge is 2.30. The molecule has 0 aliphatic carbocycles. The number of rotatable bonds is 8. The molecule has 0 radical (unpaired) electrons. The van der Waals surface area contributed by atoms with Crippen molar-refractivity contribution in [3.05, 3.63) is 137 Å². The van der Waals surface area contributed by atoms with Crippen molar-refractivity contribution in [3.63, 3.8) is 0 Å². The number of nitrogens with zero attached hydrogens (tertiary/aromatic N) is 7. The van der Waals surface area contributed by atoms with Gasteiger partial charge in [-0.3, -0.25) is 0 Å². The van der Waals surface area contributed by atoms with E-state index in [4.69, 9.17) is 15.0 Å². The summed E-state index contributed by atoms with van der Waals surface area (Å²) in [5.74, 6) is 2.31. The zero-order chi connectivity index (χ0) is 28.8. The molecule has 0 spiro atoms. The first-order valence-electron chi connectivity index (χ1n) is 15.2. The second kappa shape index (κ2) is 12.7. The van der Waals surface area contributed by atoms with Crippen LogP contribution in [0.15, 0.2) is 97.6 Å². The molecule has 7 rings (SSSR count). The summed E-state index contributed by atoms with van der Waals surface area (Å²) in [6.45, 7) is 4.33. The van der Waals surface area contributed by atoms with Gasteiger partial charge in [0.05, 0.1) is 6.04 Å². The molecule has 2 aliphatic heterocycles. The van der Waals surface area contributed by atoms with Crippen LogP contribution in [0.5, 0.6) is 0 Å². The number of hydrogen-bond acceptors (Lipinski definition) is 8. The Morgan fingerprint density at radius 3 is 2.30 bits per heavy atom. The highest BCUT2D eigenvalue weighted by Crippen LogP contribution is 2.23. The minimum absolute atomic E-state index is 0.161. The zero-order valence-electron chi connectivity index (χ0n) is 24.3. The van der Waals surface area contributed by atoms with Gasteiger partial charge < -0.3 is 15.1 Å². The summed E-state index contributed by atoms with van der Waals surface area (Å²) < 4.78 is 0. The van der Waals surface area contributed by atoms with Crippen molar-refractivity contribution in [2.24, 2.45) is 0 Å². The van der Waals surface area contributed by atoms with Gasteiger partial charge in [0.1, 0.15) is 12.2 Å². The topological polar surface area (TPSA) is 83.0 Å². The van der Waals surface area contributed by atoms with Crippen LogP contribution in [0.25, 0.3) is 0 Å². The van der Waals surface area contributed by atoms with Crippen LogP contribution in [-0.4, -0.2) is 57.1 Å². The van der Waals surface area contributed by atoms with E-state index < -0.39 is 0 Å². The number of hydrogen-bond donors (Lipinski definition) is 1. The Morgan fingerprint density at radius 1 is 0.698 bits per heavy atom. The van der Waals surface area contributed by atoms with Crippen LogP contribution in [0.1, 0.15) is 39.2 Å². The van der Waals surface area contributed by atoms with Crippen molar-refractivity contribution in [2.75, 3.05) is 36.0 Å². The highest BCUT2D eigenvalue weighted by molar-refractivity contribution is 5.42. The van der Waals surface area contributed by atoms with E-state index in [0.29, 0.717) is 6.42 Å². The van der Waals surface area contributed by atoms with Crippen LogP contribution in [0.2, 0.25) is 0 Å². The average molecular weight is 569 g/mol. The lowest BCUT2D eigenvalue weighted by atomic mass is 9.97. The standard InChI is InChI=1S/C35H36N8/c1-3-7-26(8-4-1)17-29-21-37-34(38-22-29)42-15-16-43(32(24-42)19-27-9-5-2-6-10-27)35-40-25-39-33(41-35)20-28-11-12-30-13-14-36-23-31(30)18-28/h1-12,18,21-22,25,32,36H,13-17,19-20,23-24H2. The van der Waals surface area contributed by atoms with Gasteiger partial charge in [-0.1, -0.05) is 78.9 Å². The maximum atomic E-state index is 4.98. The summed E-state index contributed by atoms with van der Waals surface area (Å²) >= 11 is 0. The summed E-state index contributed by atoms with van der Waals surface area (Å²) in [6, 6.07) is 28.0. The molecule has 1 saturated heterocycles.